The van der Waals surface area contributed by atoms with Crippen LogP contribution in [-0.4, -0.2) is 33.8 Å². The lowest BCUT2D eigenvalue weighted by Crippen LogP contribution is -2.30. The first kappa shape index (κ1) is 18.3. The molecule has 0 radical (unpaired) electrons. The fraction of sp³-hybridized carbons (Fsp3) is 0.350. The molecule has 0 unspecified atom stereocenters. The molecule has 0 saturated heterocycles. The van der Waals surface area contributed by atoms with E-state index in [0.717, 1.165) is 18.4 Å². The van der Waals surface area contributed by atoms with Crippen LogP contribution < -0.4 is 19.5 Å². The number of hydrogen-bond donors (Lipinski definition) is 1. The maximum atomic E-state index is 12.2. The average molecular weight is 373 g/mol. The van der Waals surface area contributed by atoms with E-state index < -0.39 is 0 Å². The largest absolute Gasteiger partial charge is 0.493 e. The van der Waals surface area contributed by atoms with E-state index in [-0.39, 0.29) is 11.3 Å². The predicted molar refractivity (Wildman–Crippen MR) is 103 cm³/mol. The molecular weight excluding hydrogens is 350 g/mol. The maximum Gasteiger partial charge on any atom is 0.244 e. The molecule has 1 aromatic heterocycles. The van der Waals surface area contributed by atoms with Crippen molar-refractivity contribution in [1.29, 1.82) is 0 Å². The van der Waals surface area contributed by atoms with Gasteiger partial charge in [0.25, 0.3) is 0 Å². The van der Waals surface area contributed by atoms with Crippen LogP contribution in [0.25, 0.3) is 6.08 Å². The summed E-state index contributed by atoms with van der Waals surface area (Å²) in [4.78, 5) is 13.6. The van der Waals surface area contributed by atoms with E-state index in [9.17, 15) is 4.79 Å². The first-order chi connectivity index (χ1) is 12.6. The molecule has 2 aromatic rings. The van der Waals surface area contributed by atoms with Crippen LogP contribution in [0.5, 0.6) is 17.2 Å². The summed E-state index contributed by atoms with van der Waals surface area (Å²) < 4.78 is 16.0. The quantitative estimate of drug-likeness (QED) is 0.718. The van der Waals surface area contributed by atoms with Crippen LogP contribution in [-0.2, 0) is 10.2 Å². The summed E-state index contributed by atoms with van der Waals surface area (Å²) in [6.07, 6.45) is 5.53. The van der Waals surface area contributed by atoms with Gasteiger partial charge in [0.05, 0.1) is 21.3 Å². The third-order valence-electron chi connectivity index (χ3n) is 4.61. The number of hydrogen-bond acceptors (Lipinski definition) is 5. The summed E-state index contributed by atoms with van der Waals surface area (Å²) in [5.41, 5.74) is 0.943. The van der Waals surface area contributed by atoms with Gasteiger partial charge in [-0.25, -0.2) is 0 Å². The minimum absolute atomic E-state index is 0.110. The van der Waals surface area contributed by atoms with Crippen LogP contribution in [0, 0.1) is 0 Å². The minimum Gasteiger partial charge on any atom is -0.493 e. The van der Waals surface area contributed by atoms with Gasteiger partial charge in [0, 0.05) is 22.9 Å². The van der Waals surface area contributed by atoms with Gasteiger partial charge < -0.3 is 19.5 Å². The Morgan fingerprint density at radius 2 is 1.88 bits per heavy atom. The normalized spacial score (nSPS) is 14.9. The molecule has 1 amide bonds. The Morgan fingerprint density at radius 3 is 2.38 bits per heavy atom. The molecule has 1 aliphatic carbocycles. The molecule has 3 rings (SSSR count). The number of benzene rings is 1. The first-order valence-corrected chi connectivity index (χ1v) is 9.30. The van der Waals surface area contributed by atoms with Gasteiger partial charge in [0.15, 0.2) is 11.5 Å². The summed E-state index contributed by atoms with van der Waals surface area (Å²) in [5.74, 6) is 1.54. The van der Waals surface area contributed by atoms with Gasteiger partial charge in [-0.15, -0.1) is 11.3 Å². The fourth-order valence-corrected chi connectivity index (χ4v) is 3.91. The smallest absolute Gasteiger partial charge is 0.244 e. The summed E-state index contributed by atoms with van der Waals surface area (Å²) in [6, 6.07) is 7.82. The number of ether oxygens (including phenoxy) is 3. The molecule has 0 aliphatic heterocycles. The summed E-state index contributed by atoms with van der Waals surface area (Å²) in [6.45, 7) is 0.673. The van der Waals surface area contributed by atoms with Crippen molar-refractivity contribution in [3.63, 3.8) is 0 Å². The molecule has 138 valence electrons. The first-order valence-electron chi connectivity index (χ1n) is 8.42. The second-order valence-corrected chi connectivity index (χ2v) is 7.22. The highest BCUT2D eigenvalue weighted by molar-refractivity contribution is 7.10. The highest BCUT2D eigenvalue weighted by Crippen LogP contribution is 2.49. The van der Waals surface area contributed by atoms with Crippen LogP contribution in [0.15, 0.2) is 35.7 Å². The van der Waals surface area contributed by atoms with E-state index >= 15 is 0 Å². The monoisotopic (exact) mass is 373 g/mol. The Morgan fingerprint density at radius 1 is 1.19 bits per heavy atom. The molecule has 1 fully saturated rings. The van der Waals surface area contributed by atoms with Crippen molar-refractivity contribution in [1.82, 2.24) is 5.32 Å². The molecule has 0 spiro atoms. The third-order valence-corrected chi connectivity index (χ3v) is 5.73. The molecule has 1 N–H and O–H groups in total. The molecule has 6 heteroatoms. The number of amides is 1. The van der Waals surface area contributed by atoms with Crippen molar-refractivity contribution >= 4 is 23.3 Å². The van der Waals surface area contributed by atoms with E-state index in [1.165, 1.54) is 11.0 Å². The zero-order chi connectivity index (χ0) is 18.6. The van der Waals surface area contributed by atoms with Crippen LogP contribution >= 0.6 is 11.3 Å². The van der Waals surface area contributed by atoms with Gasteiger partial charge in [-0.1, -0.05) is 6.07 Å². The molecule has 1 aromatic carbocycles. The summed E-state index contributed by atoms with van der Waals surface area (Å²) >= 11 is 1.76. The van der Waals surface area contributed by atoms with Crippen molar-refractivity contribution < 1.29 is 19.0 Å². The van der Waals surface area contributed by atoms with Crippen LogP contribution in [0.2, 0.25) is 0 Å². The lowest BCUT2D eigenvalue weighted by atomic mass is 10.1. The number of rotatable bonds is 8. The van der Waals surface area contributed by atoms with E-state index in [1.54, 1.807) is 50.9 Å². The van der Waals surface area contributed by atoms with Gasteiger partial charge in [-0.2, -0.15) is 0 Å². The molecular formula is C20H23NO4S. The Balaban J connectivity index is 1.65. The molecule has 0 atom stereocenters. The van der Waals surface area contributed by atoms with Gasteiger partial charge in [0.2, 0.25) is 11.7 Å². The van der Waals surface area contributed by atoms with Gasteiger partial charge >= 0.3 is 0 Å². The highest BCUT2D eigenvalue weighted by Gasteiger charge is 2.45. The SMILES string of the molecule is COc1cc(C=CC(=O)NCC2(c3cccs3)CC2)cc(OC)c1OC. The fourth-order valence-electron chi connectivity index (χ4n) is 2.93. The molecule has 5 nitrogen and oxygen atoms in total. The zero-order valence-corrected chi connectivity index (χ0v) is 16.0. The van der Waals surface area contributed by atoms with E-state index in [0.29, 0.717) is 23.8 Å². The maximum absolute atomic E-state index is 12.2. The second kappa shape index (κ2) is 7.83. The van der Waals surface area contributed by atoms with Crippen molar-refractivity contribution in [2.24, 2.45) is 0 Å². The number of methoxy groups -OCH3 is 3. The number of thiophene rings is 1. The lowest BCUT2D eigenvalue weighted by molar-refractivity contribution is -0.116. The van der Waals surface area contributed by atoms with E-state index in [4.69, 9.17) is 14.2 Å². The molecule has 1 heterocycles. The summed E-state index contributed by atoms with van der Waals surface area (Å²) in [5, 5.41) is 5.10. The number of nitrogens with one attached hydrogen (secondary N) is 1. The van der Waals surface area contributed by atoms with Gasteiger partial charge in [0.1, 0.15) is 0 Å². The average Bonchev–Trinajstić information content (AvgIpc) is 3.25. The molecule has 1 aliphatic rings. The Kier molecular flexibility index (Phi) is 5.52. The predicted octanol–water partition coefficient (Wildman–Crippen LogP) is 3.64. The van der Waals surface area contributed by atoms with Crippen molar-refractivity contribution in [3.05, 3.63) is 46.2 Å². The molecule has 26 heavy (non-hydrogen) atoms. The Hall–Kier alpha value is -2.47. The van der Waals surface area contributed by atoms with Crippen molar-refractivity contribution in [2.75, 3.05) is 27.9 Å². The third kappa shape index (κ3) is 3.85. The summed E-state index contributed by atoms with van der Waals surface area (Å²) in [7, 11) is 4.69. The van der Waals surface area contributed by atoms with Crippen LogP contribution in [0.4, 0.5) is 0 Å². The van der Waals surface area contributed by atoms with E-state index in [1.807, 2.05) is 0 Å². The van der Waals surface area contributed by atoms with Crippen LogP contribution in [0.3, 0.4) is 0 Å². The zero-order valence-electron chi connectivity index (χ0n) is 15.2. The van der Waals surface area contributed by atoms with Gasteiger partial charge in [-0.05, 0) is 48.1 Å². The standard InChI is InChI=1S/C20H23NO4S/c1-23-15-11-14(12-16(24-2)19(15)25-3)6-7-18(22)21-13-20(8-9-20)17-5-4-10-26-17/h4-7,10-12H,8-9,13H2,1-3H3,(H,21,22). The highest BCUT2D eigenvalue weighted by atomic mass is 32.1. The van der Waals surface area contributed by atoms with Crippen molar-refractivity contribution in [2.45, 2.75) is 18.3 Å². The van der Waals surface area contributed by atoms with Crippen molar-refractivity contribution in [3.8, 4) is 17.2 Å². The minimum atomic E-state index is -0.110. The number of carbonyl (C=O) groups excluding carboxylic acids is 1. The molecule has 1 saturated carbocycles. The number of carbonyl (C=O) groups is 1. The van der Waals surface area contributed by atoms with Gasteiger partial charge in [-0.3, -0.25) is 4.79 Å². The topological polar surface area (TPSA) is 56.8 Å². The Bertz CT molecular complexity index is 769. The second-order valence-electron chi connectivity index (χ2n) is 6.27. The van der Waals surface area contributed by atoms with Crippen LogP contribution in [0.1, 0.15) is 23.3 Å². The molecule has 0 bridgehead atoms. The lowest BCUT2D eigenvalue weighted by Gasteiger charge is -2.14. The Labute approximate surface area is 157 Å². The van der Waals surface area contributed by atoms with E-state index in [2.05, 4.69) is 22.8 Å².